The predicted octanol–water partition coefficient (Wildman–Crippen LogP) is 5.66. The molecular weight excluding hydrogens is 350 g/mol. The van der Waals surface area contributed by atoms with Crippen LogP contribution >= 0.6 is 23.2 Å². The summed E-state index contributed by atoms with van der Waals surface area (Å²) in [7, 11) is 0. The van der Waals surface area contributed by atoms with Crippen LogP contribution in [0.4, 0.5) is 18.9 Å². The van der Waals surface area contributed by atoms with Crippen LogP contribution in [0.2, 0.25) is 10.0 Å². The van der Waals surface area contributed by atoms with E-state index >= 15 is 0 Å². The molecule has 0 radical (unpaired) electrons. The van der Waals surface area contributed by atoms with E-state index in [-0.39, 0.29) is 10.7 Å². The molecule has 7 heteroatoms. The molecule has 0 saturated heterocycles. The molecule has 0 aliphatic carbocycles. The highest BCUT2D eigenvalue weighted by Crippen LogP contribution is 2.36. The summed E-state index contributed by atoms with van der Waals surface area (Å²) in [5.41, 5.74) is -0.664. The van der Waals surface area contributed by atoms with Gasteiger partial charge in [0, 0.05) is 16.1 Å². The third-order valence-electron chi connectivity index (χ3n) is 2.84. The molecule has 0 heterocycles. The number of alkyl halides is 3. The van der Waals surface area contributed by atoms with Crippen LogP contribution in [-0.2, 0) is 11.0 Å². The lowest BCUT2D eigenvalue weighted by atomic mass is 10.1. The topological polar surface area (TPSA) is 29.1 Å². The lowest BCUT2D eigenvalue weighted by molar-refractivity contribution is -0.136. The molecule has 0 aliphatic rings. The molecule has 0 unspecified atom stereocenters. The Hall–Kier alpha value is -1.98. The first-order chi connectivity index (χ1) is 10.8. The van der Waals surface area contributed by atoms with Gasteiger partial charge in [-0.1, -0.05) is 35.3 Å². The van der Waals surface area contributed by atoms with E-state index < -0.39 is 17.6 Å². The Balaban J connectivity index is 2.16. The van der Waals surface area contributed by atoms with Crippen LogP contribution in [0.1, 0.15) is 11.1 Å². The quantitative estimate of drug-likeness (QED) is 0.703. The molecule has 0 spiro atoms. The van der Waals surface area contributed by atoms with Crippen LogP contribution in [-0.4, -0.2) is 5.91 Å². The van der Waals surface area contributed by atoms with Crippen LogP contribution < -0.4 is 5.32 Å². The SMILES string of the molecule is O=C(C=Cc1ccc(Cl)cc1)Nc1ccc(Cl)cc1C(F)(F)F. The molecule has 23 heavy (non-hydrogen) atoms. The average Bonchev–Trinajstić information content (AvgIpc) is 2.47. The Morgan fingerprint density at radius 3 is 2.22 bits per heavy atom. The molecule has 0 aromatic heterocycles. The first-order valence-corrected chi connectivity index (χ1v) is 7.13. The molecule has 2 aromatic rings. The smallest absolute Gasteiger partial charge is 0.322 e. The zero-order valence-corrected chi connectivity index (χ0v) is 13.0. The summed E-state index contributed by atoms with van der Waals surface area (Å²) in [4.78, 5) is 11.8. The zero-order valence-electron chi connectivity index (χ0n) is 11.5. The second kappa shape index (κ2) is 7.06. The fraction of sp³-hybridized carbons (Fsp3) is 0.0625. The fourth-order valence-corrected chi connectivity index (χ4v) is 2.08. The highest BCUT2D eigenvalue weighted by atomic mass is 35.5. The summed E-state index contributed by atoms with van der Waals surface area (Å²) in [5, 5.41) is 2.68. The van der Waals surface area contributed by atoms with E-state index in [1.54, 1.807) is 24.3 Å². The Labute approximate surface area is 140 Å². The molecule has 0 aliphatic heterocycles. The third-order valence-corrected chi connectivity index (χ3v) is 3.33. The van der Waals surface area contributed by atoms with Crippen molar-refractivity contribution in [2.75, 3.05) is 5.32 Å². The van der Waals surface area contributed by atoms with E-state index in [4.69, 9.17) is 23.2 Å². The first-order valence-electron chi connectivity index (χ1n) is 6.37. The van der Waals surface area contributed by atoms with Gasteiger partial charge in [0.25, 0.3) is 0 Å². The van der Waals surface area contributed by atoms with Gasteiger partial charge in [-0.25, -0.2) is 0 Å². The fourth-order valence-electron chi connectivity index (χ4n) is 1.78. The highest BCUT2D eigenvalue weighted by Gasteiger charge is 2.34. The maximum absolute atomic E-state index is 12.9. The number of anilines is 1. The molecule has 2 nitrogen and oxygen atoms in total. The van der Waals surface area contributed by atoms with Gasteiger partial charge in [-0.2, -0.15) is 13.2 Å². The van der Waals surface area contributed by atoms with Crippen molar-refractivity contribution in [2.24, 2.45) is 0 Å². The monoisotopic (exact) mass is 359 g/mol. The van der Waals surface area contributed by atoms with Crippen molar-refractivity contribution in [3.63, 3.8) is 0 Å². The van der Waals surface area contributed by atoms with Gasteiger partial charge < -0.3 is 5.32 Å². The number of nitrogens with one attached hydrogen (secondary N) is 1. The summed E-state index contributed by atoms with van der Waals surface area (Å²) in [5.74, 6) is -0.687. The second-order valence-corrected chi connectivity index (χ2v) is 5.43. The summed E-state index contributed by atoms with van der Waals surface area (Å²) in [6.45, 7) is 0. The number of halogens is 5. The number of carbonyl (C=O) groups excluding carboxylic acids is 1. The lowest BCUT2D eigenvalue weighted by Gasteiger charge is -2.13. The van der Waals surface area contributed by atoms with Crippen molar-refractivity contribution in [1.82, 2.24) is 0 Å². The number of hydrogen-bond donors (Lipinski definition) is 1. The van der Waals surface area contributed by atoms with Crippen LogP contribution in [0.15, 0.2) is 48.5 Å². The van der Waals surface area contributed by atoms with Gasteiger partial charge in [-0.3, -0.25) is 4.79 Å². The Morgan fingerprint density at radius 2 is 1.61 bits per heavy atom. The van der Waals surface area contributed by atoms with Gasteiger partial charge in [-0.15, -0.1) is 0 Å². The standard InChI is InChI=1S/C16H10Cl2F3NO/c17-11-4-1-10(2-5-11)3-8-15(23)22-14-7-6-12(18)9-13(14)16(19,20)21/h1-9H,(H,22,23). The van der Waals surface area contributed by atoms with Gasteiger partial charge in [0.05, 0.1) is 11.3 Å². The van der Waals surface area contributed by atoms with E-state index in [0.717, 1.165) is 18.2 Å². The predicted molar refractivity (Wildman–Crippen MR) is 85.6 cm³/mol. The van der Waals surface area contributed by atoms with Crippen molar-refractivity contribution in [3.8, 4) is 0 Å². The summed E-state index contributed by atoms with van der Waals surface area (Å²) in [6.07, 6.45) is -2.01. The molecule has 120 valence electrons. The van der Waals surface area contributed by atoms with Crippen molar-refractivity contribution in [2.45, 2.75) is 6.18 Å². The van der Waals surface area contributed by atoms with Gasteiger partial charge in [0.2, 0.25) is 5.91 Å². The van der Waals surface area contributed by atoms with Gasteiger partial charge in [0.15, 0.2) is 0 Å². The number of rotatable bonds is 3. The molecule has 0 saturated carbocycles. The van der Waals surface area contributed by atoms with Crippen molar-refractivity contribution in [1.29, 1.82) is 0 Å². The van der Waals surface area contributed by atoms with E-state index in [1.165, 1.54) is 12.1 Å². The van der Waals surface area contributed by atoms with Crippen LogP contribution in [0, 0.1) is 0 Å². The number of benzene rings is 2. The normalized spacial score (nSPS) is 11.7. The van der Waals surface area contributed by atoms with Crippen LogP contribution in [0.25, 0.3) is 6.08 Å². The minimum absolute atomic E-state index is 0.0629. The maximum atomic E-state index is 12.9. The Kier molecular flexibility index (Phi) is 5.34. The van der Waals surface area contributed by atoms with Crippen LogP contribution in [0.5, 0.6) is 0 Å². The summed E-state index contributed by atoms with van der Waals surface area (Å²) < 4.78 is 38.8. The number of amides is 1. The lowest BCUT2D eigenvalue weighted by Crippen LogP contribution is -2.14. The molecular formula is C16H10Cl2F3NO. The Morgan fingerprint density at radius 1 is 1.00 bits per heavy atom. The molecule has 0 fully saturated rings. The van der Waals surface area contributed by atoms with Gasteiger partial charge in [0.1, 0.15) is 0 Å². The van der Waals surface area contributed by atoms with Crippen molar-refractivity contribution >= 4 is 40.9 Å². The molecule has 0 atom stereocenters. The van der Waals surface area contributed by atoms with Crippen LogP contribution in [0.3, 0.4) is 0 Å². The molecule has 1 N–H and O–H groups in total. The minimum atomic E-state index is -4.62. The largest absolute Gasteiger partial charge is 0.418 e. The second-order valence-electron chi connectivity index (χ2n) is 4.56. The van der Waals surface area contributed by atoms with Gasteiger partial charge in [-0.05, 0) is 42.0 Å². The number of carbonyl (C=O) groups is 1. The maximum Gasteiger partial charge on any atom is 0.418 e. The highest BCUT2D eigenvalue weighted by molar-refractivity contribution is 6.31. The molecule has 2 rings (SSSR count). The molecule has 1 amide bonds. The van der Waals surface area contributed by atoms with E-state index in [1.807, 2.05) is 0 Å². The molecule has 0 bridgehead atoms. The number of hydrogen-bond acceptors (Lipinski definition) is 1. The third kappa shape index (κ3) is 5.01. The molecule has 2 aromatic carbocycles. The minimum Gasteiger partial charge on any atom is -0.322 e. The summed E-state index contributed by atoms with van der Waals surface area (Å²) >= 11 is 11.3. The van der Waals surface area contributed by atoms with E-state index in [0.29, 0.717) is 10.6 Å². The summed E-state index contributed by atoms with van der Waals surface area (Å²) in [6, 6.07) is 9.78. The van der Waals surface area contributed by atoms with E-state index in [9.17, 15) is 18.0 Å². The van der Waals surface area contributed by atoms with Crippen molar-refractivity contribution in [3.05, 3.63) is 69.7 Å². The first kappa shape index (κ1) is 17.4. The zero-order chi connectivity index (χ0) is 17.0. The van der Waals surface area contributed by atoms with E-state index in [2.05, 4.69) is 5.32 Å². The van der Waals surface area contributed by atoms with Crippen molar-refractivity contribution < 1.29 is 18.0 Å². The average molecular weight is 360 g/mol. The Bertz CT molecular complexity index is 740. The van der Waals surface area contributed by atoms with Gasteiger partial charge >= 0.3 is 6.18 Å².